The van der Waals surface area contributed by atoms with Gasteiger partial charge in [0, 0.05) is 43.7 Å². The molecule has 0 bridgehead atoms. The third-order valence-electron chi connectivity index (χ3n) is 6.10. The van der Waals surface area contributed by atoms with Gasteiger partial charge in [0.1, 0.15) is 0 Å². The standard InChI is InChI=1S/C22H24ClN5O2/c1-15(18-4-3-17(24-2)11-19(18)23)27-21-25-12-16(13-26-21)20(29)28-8-5-22(14-28)6-9-30-10-7-22/h3-4,11-13,15H,5-10,14H2,1H3,(H,25,26,27)/t15-/m1/s1. The number of hydrogen-bond acceptors (Lipinski definition) is 5. The van der Waals surface area contributed by atoms with Crippen LogP contribution in [0.2, 0.25) is 5.02 Å². The highest BCUT2D eigenvalue weighted by atomic mass is 35.5. The van der Waals surface area contributed by atoms with Gasteiger partial charge in [0.05, 0.1) is 18.2 Å². The maximum Gasteiger partial charge on any atom is 0.257 e. The van der Waals surface area contributed by atoms with Crippen molar-refractivity contribution in [3.05, 3.63) is 58.2 Å². The lowest BCUT2D eigenvalue weighted by Gasteiger charge is -2.33. The maximum absolute atomic E-state index is 12.9. The van der Waals surface area contributed by atoms with Crippen molar-refractivity contribution in [2.75, 3.05) is 31.6 Å². The average molecular weight is 426 g/mol. The van der Waals surface area contributed by atoms with Gasteiger partial charge in [-0.1, -0.05) is 23.7 Å². The maximum atomic E-state index is 12.9. The van der Waals surface area contributed by atoms with Crippen LogP contribution in [0, 0.1) is 12.0 Å². The zero-order valence-electron chi connectivity index (χ0n) is 16.9. The van der Waals surface area contributed by atoms with Crippen LogP contribution in [0.3, 0.4) is 0 Å². The Hall–Kier alpha value is -2.69. The summed E-state index contributed by atoms with van der Waals surface area (Å²) in [6.45, 7) is 12.1. The molecule has 2 aromatic rings. The fraction of sp³-hybridized carbons (Fsp3) is 0.455. The van der Waals surface area contributed by atoms with Gasteiger partial charge in [-0.25, -0.2) is 14.8 Å². The molecule has 3 heterocycles. The molecule has 2 aliphatic rings. The Kier molecular flexibility index (Phi) is 5.89. The van der Waals surface area contributed by atoms with Crippen molar-refractivity contribution in [2.45, 2.75) is 32.2 Å². The van der Waals surface area contributed by atoms with Crippen LogP contribution >= 0.6 is 11.6 Å². The fourth-order valence-corrected chi connectivity index (χ4v) is 4.56. The van der Waals surface area contributed by atoms with Crippen LogP contribution in [-0.4, -0.2) is 47.1 Å². The minimum Gasteiger partial charge on any atom is -0.381 e. The van der Waals surface area contributed by atoms with Crippen molar-refractivity contribution in [3.63, 3.8) is 0 Å². The number of nitrogens with one attached hydrogen (secondary N) is 1. The Morgan fingerprint density at radius 2 is 2.03 bits per heavy atom. The quantitative estimate of drug-likeness (QED) is 0.730. The number of hydrogen-bond donors (Lipinski definition) is 1. The minimum absolute atomic E-state index is 0.0178. The number of aromatic nitrogens is 2. The summed E-state index contributed by atoms with van der Waals surface area (Å²) >= 11 is 6.29. The lowest BCUT2D eigenvalue weighted by atomic mass is 9.80. The summed E-state index contributed by atoms with van der Waals surface area (Å²) < 4.78 is 5.48. The van der Waals surface area contributed by atoms with E-state index < -0.39 is 0 Å². The lowest BCUT2D eigenvalue weighted by Crippen LogP contribution is -2.35. The van der Waals surface area contributed by atoms with E-state index in [1.807, 2.05) is 17.9 Å². The molecule has 1 aromatic carbocycles. The van der Waals surface area contributed by atoms with E-state index in [9.17, 15) is 4.79 Å². The highest BCUT2D eigenvalue weighted by Gasteiger charge is 2.41. The van der Waals surface area contributed by atoms with Gasteiger partial charge in [-0.2, -0.15) is 0 Å². The Labute approximate surface area is 181 Å². The van der Waals surface area contributed by atoms with Crippen LogP contribution in [0.4, 0.5) is 11.6 Å². The molecule has 0 unspecified atom stereocenters. The molecule has 1 atom stereocenters. The smallest absolute Gasteiger partial charge is 0.257 e. The molecular weight excluding hydrogens is 402 g/mol. The van der Waals surface area contributed by atoms with Crippen LogP contribution in [0.25, 0.3) is 4.85 Å². The van der Waals surface area contributed by atoms with Crippen LogP contribution in [-0.2, 0) is 4.74 Å². The van der Waals surface area contributed by atoms with Gasteiger partial charge in [-0.15, -0.1) is 0 Å². The summed E-state index contributed by atoms with van der Waals surface area (Å²) in [5.41, 5.74) is 2.07. The van der Waals surface area contributed by atoms with E-state index in [4.69, 9.17) is 22.9 Å². The number of likely N-dealkylation sites (tertiary alicyclic amines) is 1. The Balaban J connectivity index is 1.39. The fourth-order valence-electron chi connectivity index (χ4n) is 4.22. The summed E-state index contributed by atoms with van der Waals surface area (Å²) in [5, 5.41) is 3.72. The van der Waals surface area contributed by atoms with Gasteiger partial charge in [-0.3, -0.25) is 4.79 Å². The zero-order valence-corrected chi connectivity index (χ0v) is 17.7. The number of ether oxygens (including phenoxy) is 1. The molecular formula is C22H24ClN5O2. The van der Waals surface area contributed by atoms with E-state index in [1.165, 1.54) is 0 Å². The first-order valence-electron chi connectivity index (χ1n) is 10.1. The normalized spacial score (nSPS) is 18.8. The molecule has 2 fully saturated rings. The SMILES string of the molecule is [C-]#[N+]c1ccc([C@@H](C)Nc2ncc(C(=O)N3CCC4(CCOCC4)C3)cn2)c(Cl)c1. The molecule has 0 aliphatic carbocycles. The molecule has 4 rings (SSSR count). The van der Waals surface area contributed by atoms with Gasteiger partial charge in [0.2, 0.25) is 5.95 Å². The summed E-state index contributed by atoms with van der Waals surface area (Å²) in [6.07, 6.45) is 6.22. The number of anilines is 1. The molecule has 1 amide bonds. The number of carbonyl (C=O) groups excluding carboxylic acids is 1. The molecule has 1 aromatic heterocycles. The number of amides is 1. The molecule has 1 N–H and O–H groups in total. The highest BCUT2D eigenvalue weighted by molar-refractivity contribution is 6.31. The second-order valence-corrected chi connectivity index (χ2v) is 8.48. The number of nitrogens with zero attached hydrogens (tertiary/aromatic N) is 4. The second-order valence-electron chi connectivity index (χ2n) is 8.07. The van der Waals surface area contributed by atoms with Crippen molar-refractivity contribution in [2.24, 2.45) is 5.41 Å². The van der Waals surface area contributed by atoms with Gasteiger partial charge in [-0.05, 0) is 43.2 Å². The number of carbonyl (C=O) groups is 1. The van der Waals surface area contributed by atoms with Crippen molar-refractivity contribution >= 4 is 29.1 Å². The third-order valence-corrected chi connectivity index (χ3v) is 6.43. The topological polar surface area (TPSA) is 71.7 Å². The predicted octanol–water partition coefficient (Wildman–Crippen LogP) is 4.50. The third kappa shape index (κ3) is 4.25. The molecule has 1 spiro atoms. The molecule has 0 saturated carbocycles. The van der Waals surface area contributed by atoms with Crippen molar-refractivity contribution in [1.29, 1.82) is 0 Å². The first-order chi connectivity index (χ1) is 14.5. The van der Waals surface area contributed by atoms with Crippen LogP contribution < -0.4 is 5.32 Å². The van der Waals surface area contributed by atoms with E-state index in [-0.39, 0.29) is 17.4 Å². The molecule has 8 heteroatoms. The number of halogens is 1. The first kappa shape index (κ1) is 20.6. The summed E-state index contributed by atoms with van der Waals surface area (Å²) in [6, 6.07) is 5.05. The average Bonchev–Trinajstić information content (AvgIpc) is 3.17. The summed E-state index contributed by atoms with van der Waals surface area (Å²) in [4.78, 5) is 26.8. The number of benzene rings is 1. The second kappa shape index (κ2) is 8.58. The predicted molar refractivity (Wildman–Crippen MR) is 115 cm³/mol. The Morgan fingerprint density at radius 3 is 2.70 bits per heavy atom. The van der Waals surface area contributed by atoms with E-state index in [0.29, 0.717) is 22.2 Å². The van der Waals surface area contributed by atoms with E-state index in [2.05, 4.69) is 20.1 Å². The van der Waals surface area contributed by atoms with Crippen molar-refractivity contribution < 1.29 is 9.53 Å². The van der Waals surface area contributed by atoms with Gasteiger partial charge >= 0.3 is 0 Å². The first-order valence-corrected chi connectivity index (χ1v) is 10.5. The van der Waals surface area contributed by atoms with Crippen LogP contribution in [0.15, 0.2) is 30.6 Å². The Bertz CT molecular complexity index is 966. The monoisotopic (exact) mass is 425 g/mol. The minimum atomic E-state index is -0.147. The number of rotatable bonds is 4. The molecule has 30 heavy (non-hydrogen) atoms. The lowest BCUT2D eigenvalue weighted by molar-refractivity contribution is 0.0191. The van der Waals surface area contributed by atoms with Crippen molar-refractivity contribution in [1.82, 2.24) is 14.9 Å². The summed E-state index contributed by atoms with van der Waals surface area (Å²) in [7, 11) is 0. The van der Waals surface area contributed by atoms with E-state index >= 15 is 0 Å². The van der Waals surface area contributed by atoms with E-state index in [0.717, 1.165) is 51.1 Å². The highest BCUT2D eigenvalue weighted by Crippen LogP contribution is 2.40. The van der Waals surface area contributed by atoms with E-state index in [1.54, 1.807) is 24.5 Å². The van der Waals surface area contributed by atoms with Gasteiger partial charge in [0.25, 0.3) is 5.91 Å². The molecule has 7 nitrogen and oxygen atoms in total. The molecule has 2 saturated heterocycles. The molecule has 0 radical (unpaired) electrons. The zero-order chi connectivity index (χ0) is 21.1. The largest absolute Gasteiger partial charge is 0.381 e. The van der Waals surface area contributed by atoms with Crippen LogP contribution in [0.5, 0.6) is 0 Å². The van der Waals surface area contributed by atoms with Gasteiger partial charge in [0.15, 0.2) is 5.69 Å². The Morgan fingerprint density at radius 1 is 1.30 bits per heavy atom. The van der Waals surface area contributed by atoms with Crippen LogP contribution in [0.1, 0.15) is 48.1 Å². The summed E-state index contributed by atoms with van der Waals surface area (Å²) in [5.74, 6) is 0.405. The van der Waals surface area contributed by atoms with Crippen molar-refractivity contribution in [3.8, 4) is 0 Å². The molecule has 156 valence electrons. The molecule has 2 aliphatic heterocycles. The van der Waals surface area contributed by atoms with Gasteiger partial charge < -0.3 is 15.0 Å².